The molecule has 0 atom stereocenters. The molecule has 3 saturated heterocycles. The molecule has 7 nitrogen and oxygen atoms in total. The van der Waals surface area contributed by atoms with Gasteiger partial charge in [-0.1, -0.05) is 77.6 Å². The van der Waals surface area contributed by atoms with E-state index in [1.165, 1.54) is 83.1 Å². The Bertz CT molecular complexity index is 814. The molecular formula is C28H45N3O4S. The number of rotatable bonds is 18. The summed E-state index contributed by atoms with van der Waals surface area (Å²) in [5.41, 5.74) is 1.89. The molecule has 3 heterocycles. The minimum atomic E-state index is -0.691. The second-order valence-electron chi connectivity index (χ2n) is 10.2. The summed E-state index contributed by atoms with van der Waals surface area (Å²) in [5, 5.41) is 8.48. The molecule has 4 aliphatic rings. The molecule has 3 fully saturated rings. The number of nitrogens with zero attached hydrogens (tertiary/aromatic N) is 3. The minimum absolute atomic E-state index is 0.00546. The molecule has 0 saturated carbocycles. The summed E-state index contributed by atoms with van der Waals surface area (Å²) in [7, 11) is 0. The zero-order chi connectivity index (χ0) is 25.8. The number of ketones is 2. The van der Waals surface area contributed by atoms with E-state index in [1.807, 2.05) is 14.7 Å². The molecule has 1 N–H and O–H groups in total. The smallest absolute Gasteiger partial charge is 0.313 e. The standard InChI is InChI=1S/C16H32O2S.C12H13N3O2/c1-2-3-4-5-6-7-8-9-10-11-12-13-14-19-15-16(17)18;16-9-7-8(13-1-2-13)12(17)11(15-5-6-15)10(9)14-3-4-14/h2-15H2,1H3,(H,17,18);7H,1-6H2. The molecule has 4 rings (SSSR count). The second kappa shape index (κ2) is 15.3. The summed E-state index contributed by atoms with van der Waals surface area (Å²) in [6.45, 7) is 7.67. The Hall–Kier alpha value is -1.96. The van der Waals surface area contributed by atoms with Gasteiger partial charge in [-0.25, -0.2) is 0 Å². The molecule has 3 aliphatic heterocycles. The van der Waals surface area contributed by atoms with Crippen LogP contribution in [0.15, 0.2) is 23.2 Å². The Morgan fingerprint density at radius 3 is 1.69 bits per heavy atom. The monoisotopic (exact) mass is 519 g/mol. The van der Waals surface area contributed by atoms with Crippen LogP contribution in [0.1, 0.15) is 84.0 Å². The highest BCUT2D eigenvalue weighted by atomic mass is 32.2. The van der Waals surface area contributed by atoms with E-state index >= 15 is 0 Å². The number of carboxylic acid groups (broad SMARTS) is 1. The van der Waals surface area contributed by atoms with Crippen molar-refractivity contribution in [3.63, 3.8) is 0 Å². The van der Waals surface area contributed by atoms with E-state index in [1.54, 1.807) is 11.8 Å². The minimum Gasteiger partial charge on any atom is -0.481 e. The number of hydrogen-bond donors (Lipinski definition) is 1. The quantitative estimate of drug-likeness (QED) is 0.159. The first-order chi connectivity index (χ1) is 17.5. The van der Waals surface area contributed by atoms with Crippen LogP contribution in [0.25, 0.3) is 0 Å². The van der Waals surface area contributed by atoms with Gasteiger partial charge in [0.2, 0.25) is 11.6 Å². The number of carbonyl (C=O) groups excluding carboxylic acids is 2. The normalized spacial score (nSPS) is 18.2. The highest BCUT2D eigenvalue weighted by molar-refractivity contribution is 7.99. The first-order valence-electron chi connectivity index (χ1n) is 14.1. The van der Waals surface area contributed by atoms with Gasteiger partial charge in [0.25, 0.3) is 0 Å². The van der Waals surface area contributed by atoms with Crippen molar-refractivity contribution in [2.45, 2.75) is 84.0 Å². The van der Waals surface area contributed by atoms with Gasteiger partial charge in [0, 0.05) is 45.3 Å². The summed E-state index contributed by atoms with van der Waals surface area (Å²) >= 11 is 1.54. The zero-order valence-electron chi connectivity index (χ0n) is 22.1. The van der Waals surface area contributed by atoms with Crippen LogP contribution >= 0.6 is 11.8 Å². The summed E-state index contributed by atoms with van der Waals surface area (Å²) in [6, 6.07) is 0. The van der Waals surface area contributed by atoms with E-state index in [9.17, 15) is 14.4 Å². The van der Waals surface area contributed by atoms with E-state index in [4.69, 9.17) is 5.11 Å². The number of Topliss-reactive ketones (excluding diaryl/α,β-unsaturated/α-hetero) is 1. The van der Waals surface area contributed by atoms with Crippen molar-refractivity contribution in [2.75, 3.05) is 50.8 Å². The number of unbranched alkanes of at least 4 members (excludes halogenated alkanes) is 11. The lowest BCUT2D eigenvalue weighted by Crippen LogP contribution is -2.29. The van der Waals surface area contributed by atoms with Gasteiger partial charge >= 0.3 is 5.97 Å². The number of thioether (sulfide) groups is 1. The Kier molecular flexibility index (Phi) is 12.2. The van der Waals surface area contributed by atoms with E-state index in [2.05, 4.69) is 6.92 Å². The van der Waals surface area contributed by atoms with Crippen molar-refractivity contribution < 1.29 is 19.5 Å². The van der Waals surface area contributed by atoms with Crippen LogP contribution in [-0.4, -0.2) is 88.1 Å². The molecule has 0 aromatic heterocycles. The predicted molar refractivity (Wildman–Crippen MR) is 146 cm³/mol. The highest BCUT2D eigenvalue weighted by Crippen LogP contribution is 2.33. The third-order valence-corrected chi connectivity index (χ3v) is 7.88. The van der Waals surface area contributed by atoms with Crippen LogP contribution < -0.4 is 0 Å². The number of aliphatic carboxylic acids is 1. The van der Waals surface area contributed by atoms with Gasteiger partial charge < -0.3 is 19.8 Å². The number of allylic oxidation sites excluding steroid dienone is 1. The summed E-state index contributed by atoms with van der Waals surface area (Å²) in [6.07, 6.45) is 17.9. The fourth-order valence-corrected chi connectivity index (χ4v) is 5.21. The van der Waals surface area contributed by atoms with Gasteiger partial charge in [0.05, 0.1) is 11.4 Å². The van der Waals surface area contributed by atoms with Crippen LogP contribution in [-0.2, 0) is 14.4 Å². The van der Waals surface area contributed by atoms with E-state index in [0.717, 1.165) is 45.0 Å². The average molecular weight is 520 g/mol. The Balaban J connectivity index is 0.000000201. The van der Waals surface area contributed by atoms with Gasteiger partial charge in [-0.3, -0.25) is 14.4 Å². The van der Waals surface area contributed by atoms with Crippen molar-refractivity contribution in [1.29, 1.82) is 0 Å². The third kappa shape index (κ3) is 10.2. The maximum Gasteiger partial charge on any atom is 0.313 e. The number of carbonyl (C=O) groups is 3. The lowest BCUT2D eigenvalue weighted by atomic mass is 10.0. The first-order valence-corrected chi connectivity index (χ1v) is 15.3. The lowest BCUT2D eigenvalue weighted by Gasteiger charge is -2.21. The molecule has 0 unspecified atom stereocenters. The molecule has 0 aromatic carbocycles. The molecule has 1 aliphatic carbocycles. The zero-order valence-corrected chi connectivity index (χ0v) is 23.0. The highest BCUT2D eigenvalue weighted by Gasteiger charge is 2.43. The molecule has 0 radical (unpaired) electrons. The summed E-state index contributed by atoms with van der Waals surface area (Å²) < 4.78 is 0. The molecule has 8 heteroatoms. The molecular weight excluding hydrogens is 474 g/mol. The second-order valence-corrected chi connectivity index (χ2v) is 11.3. The largest absolute Gasteiger partial charge is 0.481 e. The lowest BCUT2D eigenvalue weighted by molar-refractivity contribution is -0.134. The molecule has 0 bridgehead atoms. The number of carboxylic acids is 1. The van der Waals surface area contributed by atoms with E-state index < -0.39 is 5.97 Å². The average Bonchev–Trinajstić information content (AvgIpc) is 3.71. The predicted octanol–water partition coefficient (Wildman–Crippen LogP) is 4.69. The SMILES string of the molecule is CCCCCCCCCCCCCCSCC(=O)O.O=C1C=C(N2CC2)C(=O)C(N2CC2)=C1N1CC1. The van der Waals surface area contributed by atoms with Gasteiger partial charge in [-0.05, 0) is 12.2 Å². The van der Waals surface area contributed by atoms with Crippen molar-refractivity contribution in [1.82, 2.24) is 14.7 Å². The summed E-state index contributed by atoms with van der Waals surface area (Å²) in [5.74, 6) is 0.623. The van der Waals surface area contributed by atoms with Crippen molar-refractivity contribution in [2.24, 2.45) is 0 Å². The van der Waals surface area contributed by atoms with Crippen LogP contribution in [0.3, 0.4) is 0 Å². The molecule has 0 amide bonds. The molecule has 202 valence electrons. The van der Waals surface area contributed by atoms with Crippen molar-refractivity contribution in [3.8, 4) is 0 Å². The van der Waals surface area contributed by atoms with E-state index in [0.29, 0.717) is 17.1 Å². The van der Waals surface area contributed by atoms with Gasteiger partial charge in [-0.2, -0.15) is 11.8 Å². The van der Waals surface area contributed by atoms with Crippen LogP contribution in [0, 0.1) is 0 Å². The fraction of sp³-hybridized carbons (Fsp3) is 0.750. The Morgan fingerprint density at radius 1 is 0.750 bits per heavy atom. The number of hydrogen-bond acceptors (Lipinski definition) is 7. The summed E-state index contributed by atoms with van der Waals surface area (Å²) in [4.78, 5) is 40.8. The molecule has 36 heavy (non-hydrogen) atoms. The Labute approximate surface area is 221 Å². The topological polar surface area (TPSA) is 80.5 Å². The molecule has 0 aromatic rings. The van der Waals surface area contributed by atoms with Crippen molar-refractivity contribution in [3.05, 3.63) is 23.2 Å². The van der Waals surface area contributed by atoms with Gasteiger partial charge in [0.15, 0.2) is 0 Å². The first kappa shape index (κ1) is 28.6. The molecule has 0 spiro atoms. The maximum absolute atomic E-state index is 12.4. The third-order valence-electron chi connectivity index (χ3n) is 6.86. The van der Waals surface area contributed by atoms with Crippen LogP contribution in [0.4, 0.5) is 0 Å². The van der Waals surface area contributed by atoms with Crippen LogP contribution in [0.2, 0.25) is 0 Å². The van der Waals surface area contributed by atoms with Crippen molar-refractivity contribution >= 4 is 29.3 Å². The van der Waals surface area contributed by atoms with Gasteiger partial charge in [0.1, 0.15) is 11.4 Å². The van der Waals surface area contributed by atoms with Gasteiger partial charge in [-0.15, -0.1) is 0 Å². The fourth-order valence-electron chi connectivity index (χ4n) is 4.48. The maximum atomic E-state index is 12.4. The van der Waals surface area contributed by atoms with E-state index in [-0.39, 0.29) is 17.3 Å². The van der Waals surface area contributed by atoms with Crippen LogP contribution in [0.5, 0.6) is 0 Å². The Morgan fingerprint density at radius 2 is 1.22 bits per heavy atom.